The van der Waals surface area contributed by atoms with Crippen LogP contribution in [0.25, 0.3) is 0 Å². The van der Waals surface area contributed by atoms with Crippen molar-refractivity contribution in [3.63, 3.8) is 0 Å². The van der Waals surface area contributed by atoms with Crippen LogP contribution in [0.15, 0.2) is 48.5 Å². The number of likely N-dealkylation sites (N-methyl/N-ethyl adjacent to an activating group) is 1. The lowest BCUT2D eigenvalue weighted by molar-refractivity contribution is -0.121. The maximum absolute atomic E-state index is 13.5. The molecule has 2 amide bonds. The molecule has 2 atom stereocenters. The fourth-order valence-corrected chi connectivity index (χ4v) is 4.89. The first-order valence-corrected chi connectivity index (χ1v) is 13.6. The van der Waals surface area contributed by atoms with Gasteiger partial charge in [0, 0.05) is 45.2 Å². The van der Waals surface area contributed by atoms with Crippen molar-refractivity contribution < 1.29 is 14.3 Å². The molecule has 1 aromatic heterocycles. The second-order valence-corrected chi connectivity index (χ2v) is 10.2. The van der Waals surface area contributed by atoms with Crippen LogP contribution in [0.3, 0.4) is 0 Å². The van der Waals surface area contributed by atoms with E-state index in [0.717, 1.165) is 37.3 Å². The number of piperazine rings is 1. The minimum atomic E-state index is -0.932. The number of carbonyl (C=O) groups excluding carboxylic acids is 2. The number of ether oxygens (including phenoxy) is 1. The van der Waals surface area contributed by atoms with Crippen LogP contribution >= 0.6 is 0 Å². The zero-order valence-corrected chi connectivity index (χ0v) is 23.3. The Morgan fingerprint density at radius 3 is 2.59 bits per heavy atom. The number of hydrogen-bond acceptors (Lipinski definition) is 7. The molecule has 0 saturated carbocycles. The van der Waals surface area contributed by atoms with Crippen LogP contribution in [0.2, 0.25) is 0 Å². The van der Waals surface area contributed by atoms with Crippen molar-refractivity contribution in [1.29, 1.82) is 0 Å². The molecule has 10 heteroatoms. The van der Waals surface area contributed by atoms with Gasteiger partial charge >= 0.3 is 0 Å². The molecule has 0 bridgehead atoms. The average Bonchev–Trinajstić information content (AvgIpc) is 3.43. The number of carbonyl (C=O) groups is 2. The molecule has 0 radical (unpaired) electrons. The summed E-state index contributed by atoms with van der Waals surface area (Å²) < 4.78 is 6.11. The Kier molecular flexibility index (Phi) is 8.64. The molecule has 2 aromatic carbocycles. The van der Waals surface area contributed by atoms with Gasteiger partial charge in [-0.1, -0.05) is 48.1 Å². The number of benzene rings is 2. The van der Waals surface area contributed by atoms with Crippen LogP contribution in [-0.2, 0) is 11.2 Å². The maximum atomic E-state index is 13.5. The Morgan fingerprint density at radius 2 is 1.85 bits per heavy atom. The summed E-state index contributed by atoms with van der Waals surface area (Å²) in [4.78, 5) is 36.8. The molecule has 1 saturated heterocycles. The van der Waals surface area contributed by atoms with Gasteiger partial charge in [0.05, 0.1) is 18.8 Å². The minimum absolute atomic E-state index is 0.0321. The van der Waals surface area contributed by atoms with E-state index in [1.54, 1.807) is 14.0 Å². The molecule has 5 rings (SSSR count). The number of nitrogens with zero attached hydrogens (tertiary/aromatic N) is 5. The predicted molar refractivity (Wildman–Crippen MR) is 155 cm³/mol. The van der Waals surface area contributed by atoms with Gasteiger partial charge < -0.3 is 15.0 Å². The van der Waals surface area contributed by atoms with E-state index >= 15 is 0 Å². The molecule has 10 nitrogen and oxygen atoms in total. The van der Waals surface area contributed by atoms with Crippen molar-refractivity contribution in [2.45, 2.75) is 25.5 Å². The molecule has 3 heterocycles. The van der Waals surface area contributed by atoms with E-state index in [1.165, 1.54) is 4.90 Å². The average molecular weight is 552 g/mol. The van der Waals surface area contributed by atoms with Crippen LogP contribution in [0.1, 0.15) is 34.5 Å². The number of aromatic amines is 1. The van der Waals surface area contributed by atoms with Crippen molar-refractivity contribution >= 4 is 17.5 Å². The highest BCUT2D eigenvalue weighted by Crippen LogP contribution is 2.33. The summed E-state index contributed by atoms with van der Waals surface area (Å²) in [5, 5.41) is 9.63. The molecule has 0 spiro atoms. The lowest BCUT2D eigenvalue weighted by atomic mass is 10.1. The van der Waals surface area contributed by atoms with Gasteiger partial charge in [-0.15, -0.1) is 11.5 Å². The summed E-state index contributed by atoms with van der Waals surface area (Å²) in [5.41, 5.74) is 2.41. The highest BCUT2D eigenvalue weighted by Gasteiger charge is 2.36. The van der Waals surface area contributed by atoms with Crippen molar-refractivity contribution in [2.24, 2.45) is 0 Å². The van der Waals surface area contributed by atoms with Crippen molar-refractivity contribution in [3.8, 4) is 29.9 Å². The number of H-pyrrole nitrogens is 1. The van der Waals surface area contributed by atoms with Gasteiger partial charge in [-0.05, 0) is 30.7 Å². The van der Waals surface area contributed by atoms with Crippen LogP contribution in [-0.4, -0.2) is 95.3 Å². The highest BCUT2D eigenvalue weighted by molar-refractivity contribution is 6.02. The second kappa shape index (κ2) is 12.7. The number of nitrogens with one attached hydrogen (secondary N) is 2. The third-order valence-corrected chi connectivity index (χ3v) is 7.25. The van der Waals surface area contributed by atoms with E-state index in [0.29, 0.717) is 36.8 Å². The Balaban J connectivity index is 1.22. The maximum Gasteiger partial charge on any atom is 0.291 e. The molecule has 0 unspecified atom stereocenters. The molecule has 2 N–H and O–H groups in total. The lowest BCUT2D eigenvalue weighted by Gasteiger charge is -2.32. The Hall–Kier alpha value is -4.64. The number of anilines is 1. The molecule has 210 valence electrons. The fourth-order valence-electron chi connectivity index (χ4n) is 4.89. The molecule has 2 aliphatic heterocycles. The Labute approximate surface area is 240 Å². The molecule has 2 aliphatic rings. The van der Waals surface area contributed by atoms with Crippen LogP contribution < -0.4 is 15.0 Å². The summed E-state index contributed by atoms with van der Waals surface area (Å²) in [5.74, 6) is 9.36. The number of fused-ring (bicyclic) bond motifs is 1. The molecular weight excluding hydrogens is 518 g/mol. The third kappa shape index (κ3) is 6.75. The summed E-state index contributed by atoms with van der Waals surface area (Å²) in [6, 6.07) is 14.4. The molecule has 1 fully saturated rings. The highest BCUT2D eigenvalue weighted by atomic mass is 16.5. The van der Waals surface area contributed by atoms with E-state index in [9.17, 15) is 9.59 Å². The summed E-state index contributed by atoms with van der Waals surface area (Å²) in [7, 11) is 1.67. The predicted octanol–water partition coefficient (Wildman–Crippen LogP) is 1.54. The number of terminal acetylenes is 1. The van der Waals surface area contributed by atoms with E-state index < -0.39 is 18.1 Å². The van der Waals surface area contributed by atoms with Gasteiger partial charge in [0.25, 0.3) is 11.8 Å². The van der Waals surface area contributed by atoms with Crippen molar-refractivity contribution in [1.82, 2.24) is 30.3 Å². The van der Waals surface area contributed by atoms with Crippen LogP contribution in [0.5, 0.6) is 5.75 Å². The smallest absolute Gasteiger partial charge is 0.291 e. The van der Waals surface area contributed by atoms with Crippen LogP contribution in [0, 0.1) is 24.2 Å². The van der Waals surface area contributed by atoms with E-state index in [1.807, 2.05) is 48.5 Å². The first-order chi connectivity index (χ1) is 19.9. The molecule has 0 aliphatic carbocycles. The minimum Gasteiger partial charge on any atom is -0.486 e. The quantitative estimate of drug-likeness (QED) is 0.448. The Morgan fingerprint density at radius 1 is 1.12 bits per heavy atom. The molecule has 41 heavy (non-hydrogen) atoms. The normalized spacial score (nSPS) is 19.2. The summed E-state index contributed by atoms with van der Waals surface area (Å²) in [6.07, 6.45) is 5.30. The zero-order chi connectivity index (χ0) is 28.8. The fraction of sp³-hybridized carbons (Fsp3) is 0.355. The summed E-state index contributed by atoms with van der Waals surface area (Å²) >= 11 is 0. The van der Waals surface area contributed by atoms with Crippen molar-refractivity contribution in [2.75, 3.05) is 51.2 Å². The van der Waals surface area contributed by atoms with Gasteiger partial charge in [0.1, 0.15) is 23.7 Å². The molecular formula is C31H33N7O3. The topological polar surface area (TPSA) is 107 Å². The van der Waals surface area contributed by atoms with E-state index in [4.69, 9.17) is 11.2 Å². The van der Waals surface area contributed by atoms with E-state index in [-0.39, 0.29) is 11.7 Å². The number of aromatic nitrogens is 3. The lowest BCUT2D eigenvalue weighted by Crippen LogP contribution is -2.53. The van der Waals surface area contributed by atoms with Gasteiger partial charge in [0.15, 0.2) is 0 Å². The first kappa shape index (κ1) is 27.9. The van der Waals surface area contributed by atoms with E-state index in [2.05, 4.69) is 48.1 Å². The third-order valence-electron chi connectivity index (χ3n) is 7.25. The Bertz CT molecular complexity index is 1490. The van der Waals surface area contributed by atoms with Gasteiger partial charge in [-0.2, -0.15) is 0 Å². The van der Waals surface area contributed by atoms with Crippen LogP contribution in [0.4, 0.5) is 5.69 Å². The second-order valence-electron chi connectivity index (χ2n) is 10.2. The largest absolute Gasteiger partial charge is 0.486 e. The van der Waals surface area contributed by atoms with Gasteiger partial charge in [-0.3, -0.25) is 24.5 Å². The van der Waals surface area contributed by atoms with Crippen molar-refractivity contribution in [3.05, 3.63) is 71.3 Å². The number of rotatable bonds is 6. The zero-order valence-electron chi connectivity index (χ0n) is 23.3. The monoisotopic (exact) mass is 551 g/mol. The number of hydrogen-bond donors (Lipinski definition) is 2. The standard InChI is InChI=1S/C31H33N7O3/c1-4-14-37-16-18-38(19-17-37)15-8-11-24-12-13-26-25(20-24)36(3)31(40)28(22(2)41-26)33-30(39)29-32-27(34-35-29)21-23-9-6-5-7-10-23/h1,5-7,9-10,12-13,20,22,28H,14-19,21H2,2-3H3,(H,33,39)(H,32,34,35)/t22-,28-/m0/s1. The van der Waals surface area contributed by atoms with Gasteiger partial charge in [-0.25, -0.2) is 4.98 Å². The van der Waals surface area contributed by atoms with Gasteiger partial charge in [0.2, 0.25) is 5.82 Å². The SMILES string of the molecule is C#CCN1CCN(CC#Cc2ccc3c(c2)N(C)C(=O)[C@@H](NC(=O)c2n[nH]c(Cc4ccccc4)n2)[C@H](C)O3)CC1. The first-order valence-electron chi connectivity index (χ1n) is 13.6. The molecule has 3 aromatic rings. The summed E-state index contributed by atoms with van der Waals surface area (Å²) in [6.45, 7) is 6.83. The number of amides is 2.